The Labute approximate surface area is 118 Å². The third kappa shape index (κ3) is 3.02. The van der Waals surface area contributed by atoms with E-state index in [1.54, 1.807) is 13.2 Å². The fraction of sp³-hybridized carbons (Fsp3) is 0.500. The first-order valence-corrected chi connectivity index (χ1v) is 7.27. The van der Waals surface area contributed by atoms with Crippen molar-refractivity contribution in [3.05, 3.63) is 35.8 Å². The molecule has 0 aliphatic heterocycles. The predicted molar refractivity (Wildman–Crippen MR) is 78.3 cm³/mol. The number of aromatic nitrogens is 1. The maximum atomic E-state index is 13.5. The molecule has 1 aliphatic carbocycles. The summed E-state index contributed by atoms with van der Waals surface area (Å²) in [6.45, 7) is 2.47. The molecule has 0 bridgehead atoms. The van der Waals surface area contributed by atoms with Crippen LogP contribution in [0.1, 0.15) is 24.8 Å². The van der Waals surface area contributed by atoms with Gasteiger partial charge in [-0.25, -0.2) is 4.39 Å². The summed E-state index contributed by atoms with van der Waals surface area (Å²) >= 11 is 0. The van der Waals surface area contributed by atoms with Crippen molar-refractivity contribution >= 4 is 10.9 Å². The second kappa shape index (κ2) is 5.94. The molecule has 0 atom stereocenters. The number of rotatable bonds is 7. The molecule has 0 spiro atoms. The van der Waals surface area contributed by atoms with Crippen LogP contribution in [0.3, 0.4) is 0 Å². The summed E-state index contributed by atoms with van der Waals surface area (Å²) in [5.41, 5.74) is 2.29. The number of hydrogen-bond donors (Lipinski definition) is 1. The molecule has 1 saturated carbocycles. The molecule has 1 aromatic heterocycles. The van der Waals surface area contributed by atoms with Gasteiger partial charge in [-0.2, -0.15) is 0 Å². The quantitative estimate of drug-likeness (QED) is 0.787. The number of nitrogens with one attached hydrogen (secondary N) is 1. The summed E-state index contributed by atoms with van der Waals surface area (Å²) in [6.07, 6.45) is 5.64. The van der Waals surface area contributed by atoms with Crippen LogP contribution in [0.4, 0.5) is 4.39 Å². The lowest BCUT2D eigenvalue weighted by molar-refractivity contribution is 0.190. The van der Waals surface area contributed by atoms with Gasteiger partial charge >= 0.3 is 0 Å². The lowest BCUT2D eigenvalue weighted by atomic mass is 10.1. The highest BCUT2D eigenvalue weighted by Gasteiger charge is 2.21. The zero-order valence-corrected chi connectivity index (χ0v) is 11.9. The van der Waals surface area contributed by atoms with Crippen LogP contribution in [0.25, 0.3) is 10.9 Å². The van der Waals surface area contributed by atoms with Crippen molar-refractivity contribution in [2.75, 3.05) is 13.7 Å². The van der Waals surface area contributed by atoms with E-state index in [-0.39, 0.29) is 5.82 Å². The molecule has 108 valence electrons. The lowest BCUT2D eigenvalue weighted by Crippen LogP contribution is -2.15. The Bertz CT molecular complexity index is 589. The van der Waals surface area contributed by atoms with Crippen LogP contribution in [0.5, 0.6) is 0 Å². The maximum Gasteiger partial charge on any atom is 0.123 e. The first kappa shape index (κ1) is 13.6. The molecule has 0 amide bonds. The number of benzene rings is 1. The molecule has 3 rings (SSSR count). The standard InChI is InChI=1S/C16H21FN2O/c1-20-8-2-7-19-11-12(10-18-14-4-5-14)15-9-13(17)3-6-16(15)19/h3,6,9,11,14,18H,2,4-5,7-8,10H2,1H3. The summed E-state index contributed by atoms with van der Waals surface area (Å²) in [4.78, 5) is 0. The molecule has 20 heavy (non-hydrogen) atoms. The molecule has 1 aromatic carbocycles. The van der Waals surface area contributed by atoms with E-state index in [0.717, 1.165) is 37.0 Å². The van der Waals surface area contributed by atoms with Crippen LogP contribution in [-0.2, 0) is 17.8 Å². The Kier molecular flexibility index (Phi) is 4.03. The second-order valence-corrected chi connectivity index (χ2v) is 5.51. The van der Waals surface area contributed by atoms with Crippen LogP contribution < -0.4 is 5.32 Å². The zero-order valence-electron chi connectivity index (χ0n) is 11.9. The highest BCUT2D eigenvalue weighted by molar-refractivity contribution is 5.84. The van der Waals surface area contributed by atoms with Gasteiger partial charge in [0.2, 0.25) is 0 Å². The summed E-state index contributed by atoms with van der Waals surface area (Å²) < 4.78 is 20.8. The average Bonchev–Trinajstić information content (AvgIpc) is 3.21. The van der Waals surface area contributed by atoms with Crippen LogP contribution in [0.2, 0.25) is 0 Å². The van der Waals surface area contributed by atoms with E-state index >= 15 is 0 Å². The van der Waals surface area contributed by atoms with E-state index in [1.807, 2.05) is 6.07 Å². The fourth-order valence-corrected chi connectivity index (χ4v) is 2.59. The minimum absolute atomic E-state index is 0.167. The number of aryl methyl sites for hydroxylation is 1. The molecule has 1 heterocycles. The molecule has 1 fully saturated rings. The SMILES string of the molecule is COCCCn1cc(CNC2CC2)c2cc(F)ccc21. The summed E-state index contributed by atoms with van der Waals surface area (Å²) in [7, 11) is 1.72. The normalized spacial score (nSPS) is 15.1. The topological polar surface area (TPSA) is 26.2 Å². The third-order valence-electron chi connectivity index (χ3n) is 3.83. The first-order chi connectivity index (χ1) is 9.78. The highest BCUT2D eigenvalue weighted by atomic mass is 19.1. The fourth-order valence-electron chi connectivity index (χ4n) is 2.59. The van der Waals surface area contributed by atoms with E-state index in [1.165, 1.54) is 24.5 Å². The highest BCUT2D eigenvalue weighted by Crippen LogP contribution is 2.25. The smallest absolute Gasteiger partial charge is 0.123 e. The van der Waals surface area contributed by atoms with E-state index in [9.17, 15) is 4.39 Å². The second-order valence-electron chi connectivity index (χ2n) is 5.51. The van der Waals surface area contributed by atoms with Gasteiger partial charge in [0, 0.05) is 49.9 Å². The molecule has 0 saturated heterocycles. The molecule has 0 unspecified atom stereocenters. The number of hydrogen-bond acceptors (Lipinski definition) is 2. The zero-order chi connectivity index (χ0) is 13.9. The van der Waals surface area contributed by atoms with Crippen LogP contribution in [0, 0.1) is 5.82 Å². The first-order valence-electron chi connectivity index (χ1n) is 7.27. The number of nitrogens with zero attached hydrogens (tertiary/aromatic N) is 1. The lowest BCUT2D eigenvalue weighted by Gasteiger charge is -2.04. The third-order valence-corrected chi connectivity index (χ3v) is 3.83. The average molecular weight is 276 g/mol. The van der Waals surface area contributed by atoms with Gasteiger partial charge in [0.15, 0.2) is 0 Å². The van der Waals surface area contributed by atoms with Crippen LogP contribution in [0.15, 0.2) is 24.4 Å². The van der Waals surface area contributed by atoms with E-state index in [2.05, 4.69) is 16.1 Å². The Morgan fingerprint density at radius 1 is 1.40 bits per heavy atom. The van der Waals surface area contributed by atoms with Crippen LogP contribution >= 0.6 is 0 Å². The van der Waals surface area contributed by atoms with Crippen molar-refractivity contribution in [1.82, 2.24) is 9.88 Å². The molecule has 2 aromatic rings. The minimum Gasteiger partial charge on any atom is -0.385 e. The van der Waals surface area contributed by atoms with Gasteiger partial charge in [0.05, 0.1) is 0 Å². The van der Waals surface area contributed by atoms with Gasteiger partial charge < -0.3 is 14.6 Å². The summed E-state index contributed by atoms with van der Waals surface area (Å²) in [5.74, 6) is -0.167. The summed E-state index contributed by atoms with van der Waals surface area (Å²) in [5, 5.41) is 4.53. The molecular formula is C16H21FN2O. The molecule has 0 radical (unpaired) electrons. The van der Waals surface area contributed by atoms with Gasteiger partial charge in [-0.3, -0.25) is 0 Å². The molecule has 4 heteroatoms. The van der Waals surface area contributed by atoms with Gasteiger partial charge in [-0.1, -0.05) is 0 Å². The Hall–Kier alpha value is -1.39. The predicted octanol–water partition coefficient (Wildman–Crippen LogP) is 3.07. The summed E-state index contributed by atoms with van der Waals surface area (Å²) in [6, 6.07) is 5.72. The minimum atomic E-state index is -0.167. The van der Waals surface area contributed by atoms with Gasteiger partial charge in [0.1, 0.15) is 5.82 Å². The number of ether oxygens (including phenoxy) is 1. The molecule has 1 aliphatic rings. The van der Waals surface area contributed by atoms with Crippen molar-refractivity contribution in [2.24, 2.45) is 0 Å². The maximum absolute atomic E-state index is 13.5. The molecule has 1 N–H and O–H groups in total. The largest absolute Gasteiger partial charge is 0.385 e. The molecule has 3 nitrogen and oxygen atoms in total. The van der Waals surface area contributed by atoms with Crippen molar-refractivity contribution in [3.8, 4) is 0 Å². The van der Waals surface area contributed by atoms with Gasteiger partial charge in [-0.15, -0.1) is 0 Å². The Balaban J connectivity index is 1.84. The van der Waals surface area contributed by atoms with Gasteiger partial charge in [-0.05, 0) is 43.0 Å². The monoisotopic (exact) mass is 276 g/mol. The van der Waals surface area contributed by atoms with E-state index in [0.29, 0.717) is 6.04 Å². The van der Waals surface area contributed by atoms with Crippen molar-refractivity contribution in [1.29, 1.82) is 0 Å². The van der Waals surface area contributed by atoms with E-state index < -0.39 is 0 Å². The van der Waals surface area contributed by atoms with E-state index in [4.69, 9.17) is 4.74 Å². The molecular weight excluding hydrogens is 255 g/mol. The number of methoxy groups -OCH3 is 1. The van der Waals surface area contributed by atoms with Crippen molar-refractivity contribution in [2.45, 2.75) is 38.4 Å². The Morgan fingerprint density at radius 2 is 2.25 bits per heavy atom. The van der Waals surface area contributed by atoms with Gasteiger partial charge in [0.25, 0.3) is 0 Å². The van der Waals surface area contributed by atoms with Crippen molar-refractivity contribution < 1.29 is 9.13 Å². The number of fused-ring (bicyclic) bond motifs is 1. The van der Waals surface area contributed by atoms with Crippen LogP contribution in [-0.4, -0.2) is 24.3 Å². The van der Waals surface area contributed by atoms with Crippen molar-refractivity contribution in [3.63, 3.8) is 0 Å². The Morgan fingerprint density at radius 3 is 3.00 bits per heavy atom. The number of halogens is 1.